The van der Waals surface area contributed by atoms with Gasteiger partial charge in [0.1, 0.15) is 0 Å². The number of imidazole rings is 1. The molecule has 0 fully saturated rings. The highest BCUT2D eigenvalue weighted by Gasteiger charge is 2.21. The summed E-state index contributed by atoms with van der Waals surface area (Å²) in [6.45, 7) is 7.78. The van der Waals surface area contributed by atoms with Crippen LogP contribution in [0.3, 0.4) is 0 Å². The Kier molecular flexibility index (Phi) is 4.37. The Morgan fingerprint density at radius 1 is 1.53 bits per heavy atom. The van der Waals surface area contributed by atoms with Crippen molar-refractivity contribution >= 4 is 0 Å². The standard InChI is InChI=1S/C14H23N3/c1-12-4-3-5-13(2)14(12)10-15-6-8-17-9-7-16-11-17/h4,7,9,11,13-15H,3,5-6,8,10H2,1-2H3/t13-,14+/m1/s1. The molecule has 0 unspecified atom stereocenters. The molecule has 17 heavy (non-hydrogen) atoms. The van der Waals surface area contributed by atoms with Gasteiger partial charge in [0.25, 0.3) is 0 Å². The molecule has 3 heteroatoms. The predicted octanol–water partition coefficient (Wildman–Crippen LogP) is 2.47. The summed E-state index contributed by atoms with van der Waals surface area (Å²) >= 11 is 0. The molecule has 1 aromatic rings. The third-order valence-corrected chi connectivity index (χ3v) is 3.83. The zero-order valence-corrected chi connectivity index (χ0v) is 10.9. The van der Waals surface area contributed by atoms with Crippen molar-refractivity contribution in [2.75, 3.05) is 13.1 Å². The van der Waals surface area contributed by atoms with Crippen LogP contribution >= 0.6 is 0 Å². The molecule has 0 radical (unpaired) electrons. The van der Waals surface area contributed by atoms with E-state index in [1.807, 2.05) is 18.7 Å². The van der Waals surface area contributed by atoms with Crippen molar-refractivity contribution in [3.05, 3.63) is 30.4 Å². The monoisotopic (exact) mass is 233 g/mol. The van der Waals surface area contributed by atoms with E-state index in [1.165, 1.54) is 12.8 Å². The average molecular weight is 233 g/mol. The smallest absolute Gasteiger partial charge is 0.0946 e. The van der Waals surface area contributed by atoms with Gasteiger partial charge in [-0.15, -0.1) is 0 Å². The highest BCUT2D eigenvalue weighted by Crippen LogP contribution is 2.29. The summed E-state index contributed by atoms with van der Waals surface area (Å²) < 4.78 is 2.11. The van der Waals surface area contributed by atoms with Crippen LogP contribution in [0.25, 0.3) is 0 Å². The molecule has 1 heterocycles. The van der Waals surface area contributed by atoms with E-state index in [4.69, 9.17) is 0 Å². The van der Waals surface area contributed by atoms with Crippen molar-refractivity contribution in [2.45, 2.75) is 33.2 Å². The molecule has 0 bridgehead atoms. The van der Waals surface area contributed by atoms with Crippen LogP contribution in [-0.2, 0) is 6.54 Å². The first-order valence-electron chi connectivity index (χ1n) is 6.60. The van der Waals surface area contributed by atoms with Gasteiger partial charge in [-0.25, -0.2) is 4.98 Å². The molecule has 2 atom stereocenters. The molecule has 94 valence electrons. The Morgan fingerprint density at radius 2 is 2.41 bits per heavy atom. The fourth-order valence-corrected chi connectivity index (χ4v) is 2.62. The number of nitrogens with one attached hydrogen (secondary N) is 1. The van der Waals surface area contributed by atoms with Crippen molar-refractivity contribution in [1.82, 2.24) is 14.9 Å². The molecule has 0 saturated carbocycles. The third kappa shape index (κ3) is 3.43. The van der Waals surface area contributed by atoms with Crippen LogP contribution in [0.5, 0.6) is 0 Å². The first-order chi connectivity index (χ1) is 8.27. The van der Waals surface area contributed by atoms with E-state index >= 15 is 0 Å². The molecule has 0 saturated heterocycles. The van der Waals surface area contributed by atoms with Crippen molar-refractivity contribution in [3.8, 4) is 0 Å². The average Bonchev–Trinajstić information content (AvgIpc) is 2.80. The van der Waals surface area contributed by atoms with E-state index in [-0.39, 0.29) is 0 Å². The first-order valence-corrected chi connectivity index (χ1v) is 6.60. The second-order valence-electron chi connectivity index (χ2n) is 5.11. The molecule has 0 spiro atoms. The Bertz CT molecular complexity index is 354. The minimum atomic E-state index is 0.728. The lowest BCUT2D eigenvalue weighted by Gasteiger charge is -2.29. The lowest BCUT2D eigenvalue weighted by Crippen LogP contribution is -2.31. The number of hydrogen-bond donors (Lipinski definition) is 1. The topological polar surface area (TPSA) is 29.9 Å². The zero-order chi connectivity index (χ0) is 12.1. The van der Waals surface area contributed by atoms with Crippen LogP contribution in [-0.4, -0.2) is 22.6 Å². The quantitative estimate of drug-likeness (QED) is 0.625. The lowest BCUT2D eigenvalue weighted by atomic mass is 9.80. The van der Waals surface area contributed by atoms with Gasteiger partial charge in [-0.05, 0) is 31.6 Å². The largest absolute Gasteiger partial charge is 0.336 e. The molecule has 2 rings (SSSR count). The van der Waals surface area contributed by atoms with Gasteiger partial charge < -0.3 is 9.88 Å². The molecule has 3 nitrogen and oxygen atoms in total. The minimum absolute atomic E-state index is 0.728. The van der Waals surface area contributed by atoms with Gasteiger partial charge in [-0.3, -0.25) is 0 Å². The maximum atomic E-state index is 4.04. The summed E-state index contributed by atoms with van der Waals surface area (Å²) in [5, 5.41) is 3.56. The van der Waals surface area contributed by atoms with Crippen molar-refractivity contribution < 1.29 is 0 Å². The van der Waals surface area contributed by atoms with Crippen molar-refractivity contribution in [1.29, 1.82) is 0 Å². The van der Waals surface area contributed by atoms with Crippen LogP contribution in [0.1, 0.15) is 26.7 Å². The molecule has 0 amide bonds. The number of rotatable bonds is 5. The van der Waals surface area contributed by atoms with Crippen LogP contribution in [0.2, 0.25) is 0 Å². The van der Waals surface area contributed by atoms with Gasteiger partial charge >= 0.3 is 0 Å². The normalized spacial score (nSPS) is 24.7. The predicted molar refractivity (Wildman–Crippen MR) is 70.7 cm³/mol. The van der Waals surface area contributed by atoms with Gasteiger partial charge in [0.2, 0.25) is 0 Å². The van der Waals surface area contributed by atoms with E-state index in [0.29, 0.717) is 0 Å². The number of allylic oxidation sites excluding steroid dienone is 1. The third-order valence-electron chi connectivity index (χ3n) is 3.83. The second kappa shape index (κ2) is 6.01. The summed E-state index contributed by atoms with van der Waals surface area (Å²) in [4.78, 5) is 4.04. The maximum Gasteiger partial charge on any atom is 0.0946 e. The molecule has 0 aromatic carbocycles. The fraction of sp³-hybridized carbons (Fsp3) is 0.643. The summed E-state index contributed by atoms with van der Waals surface area (Å²) in [5.74, 6) is 1.55. The van der Waals surface area contributed by atoms with E-state index in [0.717, 1.165) is 31.5 Å². The second-order valence-corrected chi connectivity index (χ2v) is 5.11. The van der Waals surface area contributed by atoms with E-state index in [1.54, 1.807) is 5.57 Å². The van der Waals surface area contributed by atoms with Gasteiger partial charge in [-0.1, -0.05) is 18.6 Å². The highest BCUT2D eigenvalue weighted by molar-refractivity contribution is 5.09. The van der Waals surface area contributed by atoms with E-state index in [2.05, 4.69) is 34.8 Å². The molecule has 1 N–H and O–H groups in total. The summed E-state index contributed by atoms with van der Waals surface area (Å²) in [6.07, 6.45) is 10.7. The zero-order valence-electron chi connectivity index (χ0n) is 10.9. The summed E-state index contributed by atoms with van der Waals surface area (Å²) in [5.41, 5.74) is 1.57. The number of aromatic nitrogens is 2. The van der Waals surface area contributed by atoms with Crippen LogP contribution < -0.4 is 5.32 Å². The molecule has 0 aliphatic heterocycles. The Morgan fingerprint density at radius 3 is 3.12 bits per heavy atom. The maximum absolute atomic E-state index is 4.04. The molecule has 1 aromatic heterocycles. The van der Waals surface area contributed by atoms with Gasteiger partial charge in [-0.2, -0.15) is 0 Å². The fourth-order valence-electron chi connectivity index (χ4n) is 2.62. The minimum Gasteiger partial charge on any atom is -0.336 e. The summed E-state index contributed by atoms with van der Waals surface area (Å²) in [7, 11) is 0. The van der Waals surface area contributed by atoms with E-state index < -0.39 is 0 Å². The van der Waals surface area contributed by atoms with Crippen LogP contribution in [0.4, 0.5) is 0 Å². The van der Waals surface area contributed by atoms with Gasteiger partial charge in [0.05, 0.1) is 6.33 Å². The number of nitrogens with zero attached hydrogens (tertiary/aromatic N) is 2. The van der Waals surface area contributed by atoms with Crippen LogP contribution in [0, 0.1) is 11.8 Å². The SMILES string of the molecule is CC1=CCC[C@@H](C)[C@H]1CNCCn1ccnc1. The molecular weight excluding hydrogens is 210 g/mol. The van der Waals surface area contributed by atoms with Crippen molar-refractivity contribution in [2.24, 2.45) is 11.8 Å². The van der Waals surface area contributed by atoms with Crippen molar-refractivity contribution in [3.63, 3.8) is 0 Å². The van der Waals surface area contributed by atoms with Gasteiger partial charge in [0, 0.05) is 32.0 Å². The van der Waals surface area contributed by atoms with Crippen LogP contribution in [0.15, 0.2) is 30.4 Å². The van der Waals surface area contributed by atoms with E-state index in [9.17, 15) is 0 Å². The molecule has 1 aliphatic carbocycles. The Hall–Kier alpha value is -1.09. The first kappa shape index (κ1) is 12.4. The summed E-state index contributed by atoms with van der Waals surface area (Å²) in [6, 6.07) is 0. The number of hydrogen-bond acceptors (Lipinski definition) is 2. The lowest BCUT2D eigenvalue weighted by molar-refractivity contribution is 0.348. The highest BCUT2D eigenvalue weighted by atomic mass is 15.0. The molecular formula is C14H23N3. The van der Waals surface area contributed by atoms with Gasteiger partial charge in [0.15, 0.2) is 0 Å². The Labute approximate surface area is 104 Å². The molecule has 1 aliphatic rings. The Balaban J connectivity index is 1.71.